The van der Waals surface area contributed by atoms with E-state index in [2.05, 4.69) is 47.7 Å². The van der Waals surface area contributed by atoms with Crippen LogP contribution in [-0.4, -0.2) is 20.8 Å². The van der Waals surface area contributed by atoms with Crippen LogP contribution in [0.5, 0.6) is 0 Å². The molecule has 0 saturated heterocycles. The average molecular weight is 316 g/mol. The Morgan fingerprint density at radius 2 is 2.27 bits per heavy atom. The van der Waals surface area contributed by atoms with Gasteiger partial charge in [-0.25, -0.2) is 4.98 Å². The molecule has 0 radical (unpaired) electrons. The second-order valence-corrected chi connectivity index (χ2v) is 6.39. The molecule has 0 bridgehead atoms. The van der Waals surface area contributed by atoms with Crippen molar-refractivity contribution in [2.75, 3.05) is 0 Å². The quantitative estimate of drug-likeness (QED) is 0.754. The Bertz CT molecular complexity index is 716. The van der Waals surface area contributed by atoms with Gasteiger partial charge in [-0.15, -0.1) is 11.3 Å². The lowest BCUT2D eigenvalue weighted by Crippen LogP contribution is -2.33. The van der Waals surface area contributed by atoms with Crippen LogP contribution in [0.2, 0.25) is 0 Å². The molecule has 6 heteroatoms. The summed E-state index contributed by atoms with van der Waals surface area (Å²) in [6, 6.07) is 4.40. The highest BCUT2D eigenvalue weighted by atomic mass is 32.1. The minimum absolute atomic E-state index is 0.289. The maximum absolute atomic E-state index is 5.37. The lowest BCUT2D eigenvalue weighted by atomic mass is 10.1. The Kier molecular flexibility index (Phi) is 4.40. The zero-order valence-corrected chi connectivity index (χ0v) is 13.8. The molecule has 3 rings (SSSR count). The maximum Gasteiger partial charge on any atom is 0.162 e. The number of rotatable bonds is 6. The normalized spacial score (nSPS) is 14.1. The summed E-state index contributed by atoms with van der Waals surface area (Å²) in [5, 5.41) is 10.9. The van der Waals surface area contributed by atoms with Gasteiger partial charge in [-0.05, 0) is 38.5 Å². The molecule has 3 aromatic heterocycles. The molecule has 0 aromatic carbocycles. The first-order valence-electron chi connectivity index (χ1n) is 7.36. The topological polar surface area (TPSA) is 55.9 Å². The standard InChI is InChI=1S/C16H20N4OS/c1-11-7-18-20(9-11)13(3)12(2)17-8-14-10-22-16(19-14)15-5-4-6-21-15/h4-7,9-10,12-13,17H,8H2,1-3H3/t12-,13-/m0/s1. The molecule has 0 fully saturated rings. The molecule has 2 atom stereocenters. The van der Waals surface area contributed by atoms with Crippen molar-refractivity contribution in [1.82, 2.24) is 20.1 Å². The molecular formula is C16H20N4OS. The first-order valence-corrected chi connectivity index (χ1v) is 8.24. The summed E-state index contributed by atoms with van der Waals surface area (Å²) >= 11 is 1.60. The predicted octanol–water partition coefficient (Wildman–Crippen LogP) is 3.65. The lowest BCUT2D eigenvalue weighted by Gasteiger charge is -2.21. The van der Waals surface area contributed by atoms with E-state index in [1.807, 2.05) is 23.0 Å². The molecule has 0 spiro atoms. The SMILES string of the molecule is Cc1cnn([C@@H](C)[C@H](C)NCc2csc(-c3ccco3)n2)c1. The fraction of sp³-hybridized carbons (Fsp3) is 0.375. The Morgan fingerprint density at radius 3 is 2.95 bits per heavy atom. The highest BCUT2D eigenvalue weighted by molar-refractivity contribution is 7.13. The molecule has 0 aliphatic heterocycles. The van der Waals surface area contributed by atoms with Crippen LogP contribution in [0.15, 0.2) is 40.6 Å². The van der Waals surface area contributed by atoms with Crippen molar-refractivity contribution in [3.05, 3.63) is 47.4 Å². The number of aromatic nitrogens is 3. The van der Waals surface area contributed by atoms with Gasteiger partial charge < -0.3 is 9.73 Å². The van der Waals surface area contributed by atoms with Gasteiger partial charge in [0, 0.05) is 24.2 Å². The maximum atomic E-state index is 5.37. The summed E-state index contributed by atoms with van der Waals surface area (Å²) in [6.07, 6.45) is 5.63. The van der Waals surface area contributed by atoms with Crippen molar-refractivity contribution >= 4 is 11.3 Å². The molecular weight excluding hydrogens is 296 g/mol. The van der Waals surface area contributed by atoms with Gasteiger partial charge >= 0.3 is 0 Å². The Balaban J connectivity index is 1.58. The van der Waals surface area contributed by atoms with Gasteiger partial charge in [0.05, 0.1) is 24.2 Å². The van der Waals surface area contributed by atoms with Crippen molar-refractivity contribution in [3.63, 3.8) is 0 Å². The van der Waals surface area contributed by atoms with E-state index in [4.69, 9.17) is 4.42 Å². The van der Waals surface area contributed by atoms with E-state index in [0.717, 1.165) is 23.0 Å². The first kappa shape index (κ1) is 15.0. The fourth-order valence-electron chi connectivity index (χ4n) is 2.22. The molecule has 1 N–H and O–H groups in total. The molecule has 116 valence electrons. The van der Waals surface area contributed by atoms with E-state index < -0.39 is 0 Å². The lowest BCUT2D eigenvalue weighted by molar-refractivity contribution is 0.364. The van der Waals surface area contributed by atoms with E-state index >= 15 is 0 Å². The first-order chi connectivity index (χ1) is 10.6. The van der Waals surface area contributed by atoms with Crippen LogP contribution in [0, 0.1) is 6.92 Å². The number of aryl methyl sites for hydroxylation is 1. The molecule has 0 amide bonds. The van der Waals surface area contributed by atoms with Gasteiger partial charge in [0.15, 0.2) is 10.8 Å². The van der Waals surface area contributed by atoms with Gasteiger partial charge in [0.2, 0.25) is 0 Å². The molecule has 0 aliphatic rings. The van der Waals surface area contributed by atoms with Crippen LogP contribution >= 0.6 is 11.3 Å². The van der Waals surface area contributed by atoms with Gasteiger partial charge in [-0.3, -0.25) is 4.68 Å². The molecule has 3 aromatic rings. The minimum atomic E-state index is 0.289. The van der Waals surface area contributed by atoms with Crippen LogP contribution in [0.4, 0.5) is 0 Å². The Morgan fingerprint density at radius 1 is 1.41 bits per heavy atom. The van der Waals surface area contributed by atoms with E-state index in [9.17, 15) is 0 Å². The van der Waals surface area contributed by atoms with Crippen molar-refractivity contribution in [2.24, 2.45) is 0 Å². The smallest absolute Gasteiger partial charge is 0.162 e. The molecule has 0 unspecified atom stereocenters. The van der Waals surface area contributed by atoms with Gasteiger partial charge in [-0.2, -0.15) is 5.10 Å². The van der Waals surface area contributed by atoms with Gasteiger partial charge in [-0.1, -0.05) is 0 Å². The zero-order chi connectivity index (χ0) is 15.5. The van der Waals surface area contributed by atoms with E-state index in [0.29, 0.717) is 6.04 Å². The third kappa shape index (κ3) is 3.28. The monoisotopic (exact) mass is 316 g/mol. The number of furan rings is 1. The highest BCUT2D eigenvalue weighted by Gasteiger charge is 2.15. The molecule has 3 heterocycles. The molecule has 5 nitrogen and oxygen atoms in total. The van der Waals surface area contributed by atoms with Crippen LogP contribution in [0.3, 0.4) is 0 Å². The molecule has 22 heavy (non-hydrogen) atoms. The van der Waals surface area contributed by atoms with Crippen molar-refractivity contribution in [3.8, 4) is 10.8 Å². The average Bonchev–Trinajstić information content (AvgIpc) is 3.24. The molecule has 0 aliphatic carbocycles. The van der Waals surface area contributed by atoms with Gasteiger partial charge in [0.1, 0.15) is 0 Å². The summed E-state index contributed by atoms with van der Waals surface area (Å²) in [5.74, 6) is 0.824. The van der Waals surface area contributed by atoms with Gasteiger partial charge in [0.25, 0.3) is 0 Å². The number of hydrogen-bond acceptors (Lipinski definition) is 5. The van der Waals surface area contributed by atoms with Crippen LogP contribution < -0.4 is 5.32 Å². The van der Waals surface area contributed by atoms with Crippen molar-refractivity contribution in [1.29, 1.82) is 0 Å². The van der Waals surface area contributed by atoms with Crippen molar-refractivity contribution in [2.45, 2.75) is 39.4 Å². The summed E-state index contributed by atoms with van der Waals surface area (Å²) in [6.45, 7) is 7.13. The number of nitrogens with zero attached hydrogens (tertiary/aromatic N) is 3. The van der Waals surface area contributed by atoms with Crippen LogP contribution in [0.1, 0.15) is 31.1 Å². The van der Waals surface area contributed by atoms with Crippen LogP contribution in [0.25, 0.3) is 10.8 Å². The zero-order valence-electron chi connectivity index (χ0n) is 13.0. The summed E-state index contributed by atoms with van der Waals surface area (Å²) in [4.78, 5) is 4.60. The highest BCUT2D eigenvalue weighted by Crippen LogP contribution is 2.24. The summed E-state index contributed by atoms with van der Waals surface area (Å²) in [7, 11) is 0. The molecule has 0 saturated carbocycles. The minimum Gasteiger partial charge on any atom is -0.462 e. The summed E-state index contributed by atoms with van der Waals surface area (Å²) < 4.78 is 7.38. The number of nitrogens with one attached hydrogen (secondary N) is 1. The number of hydrogen-bond donors (Lipinski definition) is 1. The predicted molar refractivity (Wildman–Crippen MR) is 87.8 cm³/mol. The van der Waals surface area contributed by atoms with Crippen LogP contribution in [-0.2, 0) is 6.54 Å². The Labute approximate surface area is 134 Å². The van der Waals surface area contributed by atoms with E-state index in [1.165, 1.54) is 5.56 Å². The third-order valence-electron chi connectivity index (χ3n) is 3.76. The van der Waals surface area contributed by atoms with E-state index in [1.54, 1.807) is 17.6 Å². The summed E-state index contributed by atoms with van der Waals surface area (Å²) in [5.41, 5.74) is 2.22. The number of thiazole rings is 1. The van der Waals surface area contributed by atoms with Crippen molar-refractivity contribution < 1.29 is 4.42 Å². The third-order valence-corrected chi connectivity index (χ3v) is 4.67. The Hall–Kier alpha value is -1.92. The fourth-order valence-corrected chi connectivity index (χ4v) is 3.01. The largest absolute Gasteiger partial charge is 0.462 e. The second-order valence-electron chi connectivity index (χ2n) is 5.53. The van der Waals surface area contributed by atoms with E-state index in [-0.39, 0.29) is 6.04 Å². The second kappa shape index (κ2) is 6.46.